The predicted octanol–water partition coefficient (Wildman–Crippen LogP) is 3.50. The summed E-state index contributed by atoms with van der Waals surface area (Å²) >= 11 is 0. The van der Waals surface area contributed by atoms with Gasteiger partial charge in [-0.05, 0) is 52.0 Å². The maximum atomic E-state index is 12.7. The Morgan fingerprint density at radius 1 is 1.38 bits per heavy atom. The predicted molar refractivity (Wildman–Crippen MR) is 110 cm³/mol. The summed E-state index contributed by atoms with van der Waals surface area (Å²) in [6, 6.07) is 0. The summed E-state index contributed by atoms with van der Waals surface area (Å²) in [6.07, 6.45) is 8.37. The smallest absolute Gasteiger partial charge is 0.313 e. The van der Waals surface area contributed by atoms with E-state index in [1.165, 1.54) is 14.0 Å². The third kappa shape index (κ3) is 6.54. The fourth-order valence-corrected chi connectivity index (χ4v) is 3.97. The minimum atomic E-state index is -0.977. The molecule has 162 valence electrons. The normalized spacial score (nSPS) is 30.8. The van der Waals surface area contributed by atoms with Crippen molar-refractivity contribution >= 4 is 11.9 Å². The zero-order valence-electron chi connectivity index (χ0n) is 18.2. The highest BCUT2D eigenvalue weighted by atomic mass is 16.6. The minimum Gasteiger partial charge on any atom is -0.469 e. The van der Waals surface area contributed by atoms with E-state index in [2.05, 4.69) is 13.5 Å². The molecular weight excluding hydrogens is 372 g/mol. The molecule has 2 aliphatic rings. The lowest BCUT2D eigenvalue weighted by Gasteiger charge is -2.29. The van der Waals surface area contributed by atoms with Crippen molar-refractivity contribution in [2.45, 2.75) is 70.7 Å². The van der Waals surface area contributed by atoms with E-state index in [9.17, 15) is 14.7 Å². The quantitative estimate of drug-likeness (QED) is 0.315. The van der Waals surface area contributed by atoms with Crippen molar-refractivity contribution in [1.82, 2.24) is 0 Å². The van der Waals surface area contributed by atoms with Crippen LogP contribution in [0.2, 0.25) is 0 Å². The molecule has 0 aromatic rings. The fraction of sp³-hybridized carbons (Fsp3) is 0.652. The molecule has 0 aromatic heterocycles. The molecule has 0 unspecified atom stereocenters. The number of epoxide rings is 1. The van der Waals surface area contributed by atoms with Crippen LogP contribution in [0.5, 0.6) is 0 Å². The first-order valence-electron chi connectivity index (χ1n) is 10.1. The third-order valence-electron chi connectivity index (χ3n) is 5.74. The Hall–Kier alpha value is -1.92. The zero-order chi connectivity index (χ0) is 21.8. The molecule has 1 saturated heterocycles. The SMILES string of the molecule is C=C1CC[C@@H]2O[C@@]2(C)CC[C@H](/C(=C/C=C/C(C)(C)O)COC(C)=O)[C@H]1C(=O)OC. The number of ether oxygens (including phenoxy) is 3. The van der Waals surface area contributed by atoms with Crippen LogP contribution in [0.3, 0.4) is 0 Å². The molecule has 1 N–H and O–H groups in total. The van der Waals surface area contributed by atoms with Crippen LogP contribution in [0.1, 0.15) is 53.4 Å². The second-order valence-corrected chi connectivity index (χ2v) is 8.80. The van der Waals surface area contributed by atoms with Gasteiger partial charge in [0.15, 0.2) is 0 Å². The van der Waals surface area contributed by atoms with Gasteiger partial charge in [0.05, 0.1) is 30.3 Å². The summed E-state index contributed by atoms with van der Waals surface area (Å²) in [7, 11) is 1.38. The number of hydrogen-bond acceptors (Lipinski definition) is 6. The van der Waals surface area contributed by atoms with E-state index in [0.29, 0.717) is 12.8 Å². The van der Waals surface area contributed by atoms with Crippen molar-refractivity contribution in [2.75, 3.05) is 13.7 Å². The van der Waals surface area contributed by atoms with Crippen molar-refractivity contribution in [3.8, 4) is 0 Å². The van der Waals surface area contributed by atoms with Crippen LogP contribution >= 0.6 is 0 Å². The Labute approximate surface area is 173 Å². The summed E-state index contributed by atoms with van der Waals surface area (Å²) in [5.74, 6) is -1.47. The molecule has 2 rings (SSSR count). The van der Waals surface area contributed by atoms with Crippen LogP contribution in [-0.2, 0) is 23.8 Å². The minimum absolute atomic E-state index is 0.0674. The number of aliphatic hydroxyl groups is 1. The Morgan fingerprint density at radius 3 is 2.66 bits per heavy atom. The monoisotopic (exact) mass is 406 g/mol. The zero-order valence-corrected chi connectivity index (χ0v) is 18.2. The highest BCUT2D eigenvalue weighted by molar-refractivity contribution is 5.76. The van der Waals surface area contributed by atoms with Crippen molar-refractivity contribution in [3.63, 3.8) is 0 Å². The molecular formula is C23H34O6. The number of rotatable bonds is 6. The number of carbonyl (C=O) groups is 2. The molecule has 1 aliphatic carbocycles. The van der Waals surface area contributed by atoms with Gasteiger partial charge in [0.25, 0.3) is 0 Å². The molecule has 1 heterocycles. The highest BCUT2D eigenvalue weighted by Gasteiger charge is 2.53. The van der Waals surface area contributed by atoms with Crippen LogP contribution in [-0.4, -0.2) is 48.1 Å². The van der Waals surface area contributed by atoms with Gasteiger partial charge >= 0.3 is 11.9 Å². The maximum absolute atomic E-state index is 12.7. The van der Waals surface area contributed by atoms with Crippen molar-refractivity contribution in [1.29, 1.82) is 0 Å². The van der Waals surface area contributed by atoms with E-state index in [1.807, 2.05) is 6.08 Å². The lowest BCUT2D eigenvalue weighted by Crippen LogP contribution is -2.30. The molecule has 6 heteroatoms. The first kappa shape index (κ1) is 23.4. The summed E-state index contributed by atoms with van der Waals surface area (Å²) in [5.41, 5.74) is 0.440. The van der Waals surface area contributed by atoms with E-state index < -0.39 is 17.5 Å². The van der Waals surface area contributed by atoms with Gasteiger partial charge in [0, 0.05) is 12.8 Å². The number of methoxy groups -OCH3 is 1. The van der Waals surface area contributed by atoms with Gasteiger partial charge in [-0.25, -0.2) is 0 Å². The number of fused-ring (bicyclic) bond motifs is 1. The molecule has 0 amide bonds. The van der Waals surface area contributed by atoms with Crippen molar-refractivity contribution in [3.05, 3.63) is 36.0 Å². The summed E-state index contributed by atoms with van der Waals surface area (Å²) < 4.78 is 16.3. The average molecular weight is 407 g/mol. The van der Waals surface area contributed by atoms with Gasteiger partial charge in [0.1, 0.15) is 6.61 Å². The van der Waals surface area contributed by atoms with E-state index in [4.69, 9.17) is 14.2 Å². The Kier molecular flexibility index (Phi) is 7.46. The molecule has 1 aliphatic heterocycles. The highest BCUT2D eigenvalue weighted by Crippen LogP contribution is 2.48. The second kappa shape index (κ2) is 9.26. The molecule has 6 nitrogen and oxygen atoms in total. The fourth-order valence-electron chi connectivity index (χ4n) is 3.97. The van der Waals surface area contributed by atoms with E-state index >= 15 is 0 Å². The Bertz CT molecular complexity index is 699. The molecule has 2 fully saturated rings. The molecule has 0 aromatic carbocycles. The summed E-state index contributed by atoms with van der Waals surface area (Å²) in [5, 5.41) is 9.97. The molecule has 29 heavy (non-hydrogen) atoms. The first-order chi connectivity index (χ1) is 13.5. The van der Waals surface area contributed by atoms with Gasteiger partial charge in [-0.3, -0.25) is 9.59 Å². The number of esters is 2. The Morgan fingerprint density at radius 2 is 2.07 bits per heavy atom. The van der Waals surface area contributed by atoms with Crippen LogP contribution in [0.15, 0.2) is 36.0 Å². The molecule has 0 spiro atoms. The second-order valence-electron chi connectivity index (χ2n) is 8.80. The van der Waals surface area contributed by atoms with E-state index in [0.717, 1.165) is 24.0 Å². The van der Waals surface area contributed by atoms with Gasteiger partial charge in [0.2, 0.25) is 0 Å². The van der Waals surface area contributed by atoms with Crippen molar-refractivity contribution in [2.24, 2.45) is 11.8 Å². The average Bonchev–Trinajstić information content (AvgIpc) is 3.27. The molecule has 4 atom stereocenters. The van der Waals surface area contributed by atoms with Crippen LogP contribution in [0.4, 0.5) is 0 Å². The third-order valence-corrected chi connectivity index (χ3v) is 5.74. The Balaban J connectivity index is 2.41. The van der Waals surface area contributed by atoms with E-state index in [1.54, 1.807) is 26.0 Å². The van der Waals surface area contributed by atoms with E-state index in [-0.39, 0.29) is 30.2 Å². The maximum Gasteiger partial charge on any atom is 0.313 e. The van der Waals surface area contributed by atoms with Gasteiger partial charge in [-0.2, -0.15) is 0 Å². The lowest BCUT2D eigenvalue weighted by molar-refractivity contribution is -0.145. The molecule has 0 bridgehead atoms. The van der Waals surface area contributed by atoms with Crippen LogP contribution in [0.25, 0.3) is 0 Å². The summed E-state index contributed by atoms with van der Waals surface area (Å²) in [6.45, 7) is 11.0. The molecule has 0 radical (unpaired) electrons. The van der Waals surface area contributed by atoms with Crippen molar-refractivity contribution < 1.29 is 28.9 Å². The van der Waals surface area contributed by atoms with Gasteiger partial charge < -0.3 is 19.3 Å². The van der Waals surface area contributed by atoms with Crippen LogP contribution < -0.4 is 0 Å². The topological polar surface area (TPSA) is 85.4 Å². The first-order valence-corrected chi connectivity index (χ1v) is 10.1. The van der Waals surface area contributed by atoms with Crippen LogP contribution in [0, 0.1) is 11.8 Å². The largest absolute Gasteiger partial charge is 0.469 e. The lowest BCUT2D eigenvalue weighted by atomic mass is 9.77. The molecule has 1 saturated carbocycles. The number of allylic oxidation sites excluding steroid dienone is 2. The number of carbonyl (C=O) groups excluding carboxylic acids is 2. The van der Waals surface area contributed by atoms with Gasteiger partial charge in [-0.15, -0.1) is 0 Å². The summed E-state index contributed by atoms with van der Waals surface area (Å²) in [4.78, 5) is 24.2. The number of hydrogen-bond donors (Lipinski definition) is 1. The standard InChI is InChI=1S/C23H34O6/c1-15-9-10-19-23(5,29-19)13-11-18(20(15)21(25)27-6)17(14-28-16(2)24)8-7-12-22(3,4)26/h7-8,12,18-20,26H,1,9-11,13-14H2,2-6H3/b12-7+,17-8+/t18-,19+,20+,23+/m1/s1. The van der Waals surface area contributed by atoms with Gasteiger partial charge in [-0.1, -0.05) is 30.4 Å².